The van der Waals surface area contributed by atoms with Crippen LogP contribution in [0.15, 0.2) is 40.9 Å². The second-order valence-electron chi connectivity index (χ2n) is 8.38. The standard InChI is InChI=1S/C24H23BrF6N2O4/c1-4-37-22(35)33-13(2)7-20(18-11-17(25)5-6-19(18)33)32(21(34)36-3)12-14-8-15(23(26,27)28)10-16(9-14)24(29,30)31/h5-6,8-11,13,20H,4,7,12H2,1-3H3/t13-,20+/m0/s1. The monoisotopic (exact) mass is 596 g/mol. The van der Waals surface area contributed by atoms with E-state index in [0.29, 0.717) is 27.9 Å². The van der Waals surface area contributed by atoms with E-state index in [0.717, 1.165) is 12.0 Å². The highest BCUT2D eigenvalue weighted by Gasteiger charge is 2.41. The van der Waals surface area contributed by atoms with Gasteiger partial charge in [-0.3, -0.25) is 9.80 Å². The number of hydrogen-bond acceptors (Lipinski definition) is 4. The zero-order valence-electron chi connectivity index (χ0n) is 19.9. The van der Waals surface area contributed by atoms with Crippen molar-refractivity contribution < 1.29 is 45.4 Å². The Morgan fingerprint density at radius 3 is 2.16 bits per heavy atom. The van der Waals surface area contributed by atoms with Gasteiger partial charge in [-0.05, 0) is 67.8 Å². The number of nitrogens with zero attached hydrogens (tertiary/aromatic N) is 2. The molecule has 202 valence electrons. The molecule has 13 heteroatoms. The highest BCUT2D eigenvalue weighted by atomic mass is 79.9. The fourth-order valence-electron chi connectivity index (χ4n) is 4.30. The van der Waals surface area contributed by atoms with Gasteiger partial charge in [-0.1, -0.05) is 15.9 Å². The molecule has 2 amide bonds. The third kappa shape index (κ3) is 6.31. The highest BCUT2D eigenvalue weighted by molar-refractivity contribution is 9.10. The van der Waals surface area contributed by atoms with Gasteiger partial charge in [-0.15, -0.1) is 0 Å². The first-order valence-electron chi connectivity index (χ1n) is 11.1. The smallest absolute Gasteiger partial charge is 0.416 e. The van der Waals surface area contributed by atoms with Crippen LogP contribution in [0, 0.1) is 0 Å². The highest BCUT2D eigenvalue weighted by Crippen LogP contribution is 2.43. The SMILES string of the molecule is CCOC(=O)N1c2ccc(Br)cc2[C@H](N(Cc2cc(C(F)(F)F)cc(C(F)(F)F)c2)C(=O)OC)C[C@@H]1C. The molecule has 0 saturated carbocycles. The number of amides is 2. The lowest BCUT2D eigenvalue weighted by molar-refractivity contribution is -0.143. The predicted octanol–water partition coefficient (Wildman–Crippen LogP) is 7.55. The van der Waals surface area contributed by atoms with E-state index in [2.05, 4.69) is 15.9 Å². The second-order valence-corrected chi connectivity index (χ2v) is 9.30. The van der Waals surface area contributed by atoms with Crippen LogP contribution < -0.4 is 4.90 Å². The van der Waals surface area contributed by atoms with Crippen molar-refractivity contribution in [3.63, 3.8) is 0 Å². The summed E-state index contributed by atoms with van der Waals surface area (Å²) in [4.78, 5) is 27.9. The molecule has 0 spiro atoms. The largest absolute Gasteiger partial charge is 0.453 e. The number of fused-ring (bicyclic) bond motifs is 1. The molecule has 0 radical (unpaired) electrons. The molecule has 37 heavy (non-hydrogen) atoms. The van der Waals surface area contributed by atoms with Crippen LogP contribution in [0.5, 0.6) is 0 Å². The summed E-state index contributed by atoms with van der Waals surface area (Å²) in [6.45, 7) is 2.84. The quantitative estimate of drug-likeness (QED) is 0.342. The normalized spacial score (nSPS) is 17.7. The molecular formula is C24H23BrF6N2O4. The number of rotatable bonds is 4. The van der Waals surface area contributed by atoms with Gasteiger partial charge < -0.3 is 9.47 Å². The Labute approximate surface area is 217 Å². The Morgan fingerprint density at radius 1 is 1.05 bits per heavy atom. The summed E-state index contributed by atoms with van der Waals surface area (Å²) < 4.78 is 91.0. The zero-order chi connectivity index (χ0) is 27.7. The van der Waals surface area contributed by atoms with E-state index in [1.165, 1.54) is 4.90 Å². The number of alkyl halides is 6. The number of hydrogen-bond donors (Lipinski definition) is 0. The van der Waals surface area contributed by atoms with E-state index < -0.39 is 54.3 Å². The average molecular weight is 597 g/mol. The molecule has 0 N–H and O–H groups in total. The van der Waals surface area contributed by atoms with E-state index in [1.54, 1.807) is 32.0 Å². The van der Waals surface area contributed by atoms with Crippen LogP contribution in [0.4, 0.5) is 41.6 Å². The molecule has 2 aromatic carbocycles. The number of benzene rings is 2. The Hall–Kier alpha value is -2.96. The number of ether oxygens (including phenoxy) is 2. The Kier molecular flexibility index (Phi) is 8.35. The molecule has 0 aliphatic carbocycles. The molecule has 1 aliphatic rings. The molecule has 0 unspecified atom stereocenters. The van der Waals surface area contributed by atoms with Gasteiger partial charge in [0.2, 0.25) is 0 Å². The number of methoxy groups -OCH3 is 1. The molecule has 2 aromatic rings. The number of carbonyl (C=O) groups excluding carboxylic acids is 2. The molecule has 6 nitrogen and oxygen atoms in total. The lowest BCUT2D eigenvalue weighted by atomic mass is 9.90. The number of halogens is 7. The van der Waals surface area contributed by atoms with Crippen LogP contribution >= 0.6 is 15.9 Å². The lowest BCUT2D eigenvalue weighted by Gasteiger charge is -2.42. The van der Waals surface area contributed by atoms with Gasteiger partial charge in [0.05, 0.1) is 36.6 Å². The molecular weight excluding hydrogens is 574 g/mol. The topological polar surface area (TPSA) is 59.1 Å². The molecule has 1 heterocycles. The van der Waals surface area contributed by atoms with Crippen molar-refractivity contribution in [3.05, 3.63) is 63.1 Å². The summed E-state index contributed by atoms with van der Waals surface area (Å²) >= 11 is 3.33. The molecule has 3 rings (SSSR count). The van der Waals surface area contributed by atoms with E-state index >= 15 is 0 Å². The molecule has 1 aliphatic heterocycles. The van der Waals surface area contributed by atoms with Gasteiger partial charge >= 0.3 is 24.5 Å². The second kappa shape index (κ2) is 10.8. The van der Waals surface area contributed by atoms with Gasteiger partial charge in [0.25, 0.3) is 0 Å². The first-order valence-corrected chi connectivity index (χ1v) is 11.8. The van der Waals surface area contributed by atoms with Crippen molar-refractivity contribution in [2.24, 2.45) is 0 Å². The van der Waals surface area contributed by atoms with E-state index in [9.17, 15) is 35.9 Å². The summed E-state index contributed by atoms with van der Waals surface area (Å²) in [6, 6.07) is 4.70. The summed E-state index contributed by atoms with van der Waals surface area (Å²) in [5, 5.41) is 0. The number of anilines is 1. The van der Waals surface area contributed by atoms with E-state index in [4.69, 9.17) is 9.47 Å². The van der Waals surface area contributed by atoms with Gasteiger partial charge in [-0.2, -0.15) is 26.3 Å². The molecule has 0 saturated heterocycles. The molecule has 0 aromatic heterocycles. The maximum Gasteiger partial charge on any atom is 0.416 e. The minimum absolute atomic E-state index is 0.0261. The minimum Gasteiger partial charge on any atom is -0.453 e. The lowest BCUT2D eigenvalue weighted by Crippen LogP contribution is -2.47. The van der Waals surface area contributed by atoms with Gasteiger partial charge in [0.1, 0.15) is 0 Å². The van der Waals surface area contributed by atoms with Crippen LogP contribution in [0.2, 0.25) is 0 Å². The van der Waals surface area contributed by atoms with Crippen molar-refractivity contribution in [1.29, 1.82) is 0 Å². The summed E-state index contributed by atoms with van der Waals surface area (Å²) in [6.07, 6.45) is -11.6. The Balaban J connectivity index is 2.12. The van der Waals surface area contributed by atoms with Crippen LogP contribution in [0.1, 0.15) is 48.6 Å². The predicted molar refractivity (Wildman–Crippen MR) is 125 cm³/mol. The van der Waals surface area contributed by atoms with Crippen molar-refractivity contribution in [3.8, 4) is 0 Å². The van der Waals surface area contributed by atoms with Crippen LogP contribution in [0.3, 0.4) is 0 Å². The zero-order valence-corrected chi connectivity index (χ0v) is 21.5. The van der Waals surface area contributed by atoms with Gasteiger partial charge in [0.15, 0.2) is 0 Å². The van der Waals surface area contributed by atoms with Gasteiger partial charge in [0, 0.05) is 17.1 Å². The van der Waals surface area contributed by atoms with Crippen LogP contribution in [-0.4, -0.2) is 36.8 Å². The molecule has 2 atom stereocenters. The van der Waals surface area contributed by atoms with Crippen molar-refractivity contribution >= 4 is 33.8 Å². The fourth-order valence-corrected chi connectivity index (χ4v) is 4.68. The first-order chi connectivity index (χ1) is 17.2. The third-order valence-electron chi connectivity index (χ3n) is 5.86. The minimum atomic E-state index is -5.04. The average Bonchev–Trinajstić information content (AvgIpc) is 2.80. The van der Waals surface area contributed by atoms with Gasteiger partial charge in [-0.25, -0.2) is 9.59 Å². The first kappa shape index (κ1) is 28.6. The Morgan fingerprint density at radius 2 is 1.65 bits per heavy atom. The molecule has 0 fully saturated rings. The van der Waals surface area contributed by atoms with Crippen LogP contribution in [0.25, 0.3) is 0 Å². The summed E-state index contributed by atoms with van der Waals surface area (Å²) in [5.41, 5.74) is -2.54. The Bertz CT molecular complexity index is 1140. The van der Waals surface area contributed by atoms with Crippen molar-refractivity contribution in [2.75, 3.05) is 18.6 Å². The van der Waals surface area contributed by atoms with E-state index in [-0.39, 0.29) is 24.7 Å². The van der Waals surface area contributed by atoms with Crippen molar-refractivity contribution in [1.82, 2.24) is 4.90 Å². The van der Waals surface area contributed by atoms with Crippen LogP contribution in [-0.2, 0) is 28.4 Å². The third-order valence-corrected chi connectivity index (χ3v) is 6.36. The summed E-state index contributed by atoms with van der Waals surface area (Å²) in [7, 11) is 1.06. The summed E-state index contributed by atoms with van der Waals surface area (Å²) in [5.74, 6) is 0. The maximum atomic E-state index is 13.4. The fraction of sp³-hybridized carbons (Fsp3) is 0.417. The van der Waals surface area contributed by atoms with Crippen molar-refractivity contribution in [2.45, 2.75) is 51.2 Å². The van der Waals surface area contributed by atoms with E-state index in [1.807, 2.05) is 0 Å². The maximum absolute atomic E-state index is 13.4. The number of carbonyl (C=O) groups is 2. The molecule has 0 bridgehead atoms.